The third-order valence-electron chi connectivity index (χ3n) is 9.43. The molecule has 0 aromatic heterocycles. The molecule has 3 fully saturated rings. The Morgan fingerprint density at radius 3 is 2.06 bits per heavy atom. The van der Waals surface area contributed by atoms with Crippen LogP contribution in [-0.2, 0) is 9.47 Å². The summed E-state index contributed by atoms with van der Waals surface area (Å²) in [6.45, 7) is 4.38. The zero-order valence-electron chi connectivity index (χ0n) is 22.2. The van der Waals surface area contributed by atoms with Crippen molar-refractivity contribution in [3.8, 4) is 0 Å². The normalized spacial score (nSPS) is 39.8. The van der Waals surface area contributed by atoms with Gasteiger partial charge in [0.05, 0.1) is 0 Å². The Labute approximate surface area is 215 Å². The van der Waals surface area contributed by atoms with Crippen molar-refractivity contribution in [1.29, 1.82) is 0 Å². The molecule has 202 valence electrons. The van der Waals surface area contributed by atoms with Gasteiger partial charge in [-0.1, -0.05) is 0 Å². The summed E-state index contributed by atoms with van der Waals surface area (Å²) in [5, 5.41) is 34.1. The van der Waals surface area contributed by atoms with E-state index in [9.17, 15) is 15.3 Å². The van der Waals surface area contributed by atoms with Crippen LogP contribution in [0.4, 0.5) is 0 Å². The van der Waals surface area contributed by atoms with E-state index in [2.05, 4.69) is 23.7 Å². The van der Waals surface area contributed by atoms with E-state index in [1.807, 2.05) is 0 Å². The molecule has 0 aliphatic heterocycles. The van der Waals surface area contributed by atoms with Crippen LogP contribution in [0.5, 0.6) is 0 Å². The molecule has 0 spiro atoms. The summed E-state index contributed by atoms with van der Waals surface area (Å²) >= 11 is -1.43. The maximum absolute atomic E-state index is 11.8. The molecule has 0 aromatic carbocycles. The van der Waals surface area contributed by atoms with Gasteiger partial charge in [0.2, 0.25) is 0 Å². The van der Waals surface area contributed by atoms with Crippen molar-refractivity contribution in [3.63, 3.8) is 0 Å². The molecular formula is C27H52INO5. The monoisotopic (exact) mass is 597 g/mol. The van der Waals surface area contributed by atoms with Gasteiger partial charge < -0.3 is 0 Å². The van der Waals surface area contributed by atoms with E-state index < -0.39 is 37.8 Å². The van der Waals surface area contributed by atoms with Gasteiger partial charge in [-0.2, -0.15) is 0 Å². The minimum absolute atomic E-state index is 0.0855. The number of hydrogen-bond acceptors (Lipinski definition) is 6. The standard InChI is InChI=1S/C27H52INO5/c1-26(2)17-18(14-15-27(26,32)19-6-8-20(29)9-7-19)25(31)23(28(3)4)16-24(30)34-22-12-10-21(33-5)11-13-22/h18-25,30-32H,6-17,29H2,1-5H3/t18?,19?,20?,21?,22?,23-,24?,25?,27?/m0/s1. The first kappa shape index (κ1) is 29.1. The van der Waals surface area contributed by atoms with Gasteiger partial charge in [-0.3, -0.25) is 0 Å². The fraction of sp³-hybridized carbons (Fsp3) is 1.00. The van der Waals surface area contributed by atoms with Gasteiger partial charge in [-0.15, -0.1) is 0 Å². The average Bonchev–Trinajstić information content (AvgIpc) is 2.79. The van der Waals surface area contributed by atoms with Crippen LogP contribution in [0.3, 0.4) is 0 Å². The first-order valence-electron chi connectivity index (χ1n) is 13.5. The van der Waals surface area contributed by atoms with E-state index in [1.165, 1.54) is 0 Å². The average molecular weight is 598 g/mol. The van der Waals surface area contributed by atoms with Gasteiger partial charge in [0, 0.05) is 0 Å². The van der Waals surface area contributed by atoms with Crippen LogP contribution in [-0.4, -0.2) is 72.5 Å². The van der Waals surface area contributed by atoms with Gasteiger partial charge in [-0.25, -0.2) is 0 Å². The Morgan fingerprint density at radius 2 is 1.53 bits per heavy atom. The number of methoxy groups -OCH3 is 1. The fourth-order valence-corrected chi connectivity index (χ4v) is 10.6. The molecule has 3 saturated carbocycles. The topological polar surface area (TPSA) is 105 Å². The zero-order valence-corrected chi connectivity index (χ0v) is 24.4. The minimum atomic E-state index is -1.43. The SMILES string of the molecule is COC1CCC(OC(O)C[C@@H](C(O)C2CCC(O)(C3CCC(N)CC3)C(C)(C)C2)I(C)C)CC1. The molecule has 34 heavy (non-hydrogen) atoms. The number of aliphatic hydroxyl groups is 3. The van der Waals surface area contributed by atoms with Gasteiger partial charge in [0.1, 0.15) is 0 Å². The van der Waals surface area contributed by atoms with Crippen molar-refractivity contribution in [2.45, 2.75) is 131 Å². The van der Waals surface area contributed by atoms with Crippen molar-refractivity contribution in [2.75, 3.05) is 17.0 Å². The number of alkyl halides is 3. The summed E-state index contributed by atoms with van der Waals surface area (Å²) in [5.74, 6) is 0.468. The summed E-state index contributed by atoms with van der Waals surface area (Å²) in [6.07, 6.45) is 9.90. The van der Waals surface area contributed by atoms with E-state index >= 15 is 0 Å². The first-order valence-corrected chi connectivity index (χ1v) is 19.0. The van der Waals surface area contributed by atoms with E-state index in [-0.39, 0.29) is 27.4 Å². The van der Waals surface area contributed by atoms with E-state index in [4.69, 9.17) is 15.2 Å². The molecule has 3 aliphatic rings. The molecule has 5 N–H and O–H groups in total. The summed E-state index contributed by atoms with van der Waals surface area (Å²) in [7, 11) is 1.76. The molecule has 0 heterocycles. The second kappa shape index (κ2) is 12.4. The summed E-state index contributed by atoms with van der Waals surface area (Å²) in [4.78, 5) is 4.56. The van der Waals surface area contributed by atoms with E-state index in [0.29, 0.717) is 18.4 Å². The van der Waals surface area contributed by atoms with Crippen molar-refractivity contribution >= 4 is 19.8 Å². The summed E-state index contributed by atoms with van der Waals surface area (Å²) < 4.78 is 11.6. The number of aliphatic hydroxyl groups excluding tert-OH is 2. The Morgan fingerprint density at radius 1 is 0.941 bits per heavy atom. The molecule has 0 radical (unpaired) electrons. The molecule has 3 rings (SSSR count). The predicted molar refractivity (Wildman–Crippen MR) is 146 cm³/mol. The van der Waals surface area contributed by atoms with Gasteiger partial charge >= 0.3 is 216 Å². The molecule has 0 amide bonds. The van der Waals surface area contributed by atoms with Crippen LogP contribution in [0.25, 0.3) is 0 Å². The molecule has 6 nitrogen and oxygen atoms in total. The Balaban J connectivity index is 1.57. The van der Waals surface area contributed by atoms with Crippen molar-refractivity contribution in [1.82, 2.24) is 0 Å². The number of nitrogens with two attached hydrogens (primary N) is 1. The summed E-state index contributed by atoms with van der Waals surface area (Å²) in [6, 6.07) is 0.280. The summed E-state index contributed by atoms with van der Waals surface area (Å²) in [5.41, 5.74) is 5.20. The van der Waals surface area contributed by atoms with Crippen LogP contribution in [0.2, 0.25) is 0 Å². The molecule has 0 bridgehead atoms. The fourth-order valence-electron chi connectivity index (χ4n) is 7.07. The quantitative estimate of drug-likeness (QED) is 0.180. The molecular weight excluding hydrogens is 545 g/mol. The second-order valence-electron chi connectivity index (χ2n) is 12.2. The third kappa shape index (κ3) is 6.87. The predicted octanol–water partition coefficient (Wildman–Crippen LogP) is 4.24. The number of halogens is 1. The number of hydrogen-bond donors (Lipinski definition) is 4. The molecule has 5 atom stereocenters. The van der Waals surface area contributed by atoms with Crippen molar-refractivity contribution in [3.05, 3.63) is 0 Å². The van der Waals surface area contributed by atoms with Gasteiger partial charge in [0.25, 0.3) is 0 Å². The molecule has 4 unspecified atom stereocenters. The van der Waals surface area contributed by atoms with Gasteiger partial charge in [0.15, 0.2) is 0 Å². The number of ether oxygens (including phenoxy) is 2. The van der Waals surface area contributed by atoms with Crippen LogP contribution < -0.4 is 5.73 Å². The van der Waals surface area contributed by atoms with Crippen molar-refractivity contribution in [2.24, 2.45) is 23.0 Å². The van der Waals surface area contributed by atoms with Crippen LogP contribution in [0.15, 0.2) is 0 Å². The molecule has 0 saturated heterocycles. The number of rotatable bonds is 9. The van der Waals surface area contributed by atoms with E-state index in [1.54, 1.807) is 7.11 Å². The third-order valence-corrected chi connectivity index (χ3v) is 13.9. The zero-order chi connectivity index (χ0) is 25.1. The van der Waals surface area contributed by atoms with Crippen molar-refractivity contribution < 1.29 is 24.8 Å². The Hall–Kier alpha value is 0.490. The molecule has 7 heteroatoms. The van der Waals surface area contributed by atoms with Gasteiger partial charge in [-0.05, 0) is 0 Å². The maximum atomic E-state index is 11.8. The van der Waals surface area contributed by atoms with Crippen LogP contribution in [0, 0.1) is 17.3 Å². The Kier molecular flexibility index (Phi) is 10.6. The second-order valence-corrected chi connectivity index (χ2v) is 18.5. The first-order chi connectivity index (χ1) is 16.0. The Bertz CT molecular complexity index is 618. The molecule has 0 aromatic rings. The molecule has 3 aliphatic carbocycles. The van der Waals surface area contributed by atoms with Crippen LogP contribution in [0.1, 0.15) is 90.9 Å². The van der Waals surface area contributed by atoms with E-state index in [0.717, 1.165) is 70.6 Å². The van der Waals surface area contributed by atoms with Crippen LogP contribution >= 0.6 is 19.8 Å².